The fourth-order valence-electron chi connectivity index (χ4n) is 4.29. The van der Waals surface area contributed by atoms with Gasteiger partial charge in [0.1, 0.15) is 5.82 Å². The van der Waals surface area contributed by atoms with E-state index in [1.165, 1.54) is 23.7 Å². The number of halogens is 1. The van der Waals surface area contributed by atoms with Crippen LogP contribution in [-0.4, -0.2) is 46.1 Å². The largest absolute Gasteiger partial charge is 0.378 e. The highest BCUT2D eigenvalue weighted by molar-refractivity contribution is 6.30. The van der Waals surface area contributed by atoms with Crippen molar-refractivity contribution in [3.05, 3.63) is 59.2 Å². The van der Waals surface area contributed by atoms with Crippen LogP contribution in [0.1, 0.15) is 24.6 Å². The molecule has 6 rings (SSSR count). The summed E-state index contributed by atoms with van der Waals surface area (Å²) in [5.74, 6) is 1.45. The minimum atomic E-state index is 0.521. The summed E-state index contributed by atoms with van der Waals surface area (Å²) in [6.07, 6.45) is 2.40. The smallest absolute Gasteiger partial charge is 0.228 e. The predicted molar refractivity (Wildman–Crippen MR) is 132 cm³/mol. The Hall–Kier alpha value is -3.16. The molecule has 33 heavy (non-hydrogen) atoms. The lowest BCUT2D eigenvalue weighted by molar-refractivity contribution is 0.122. The third-order valence-corrected chi connectivity index (χ3v) is 6.46. The van der Waals surface area contributed by atoms with E-state index in [0.717, 1.165) is 41.5 Å². The number of nitrogens with one attached hydrogen (secondary N) is 1. The van der Waals surface area contributed by atoms with Gasteiger partial charge >= 0.3 is 0 Å². The van der Waals surface area contributed by atoms with Crippen LogP contribution >= 0.6 is 11.6 Å². The van der Waals surface area contributed by atoms with E-state index in [1.807, 2.05) is 30.3 Å². The first-order chi connectivity index (χ1) is 16.1. The van der Waals surface area contributed by atoms with Crippen molar-refractivity contribution in [3.8, 4) is 11.3 Å². The number of aryl methyl sites for hydroxylation is 1. The monoisotopic (exact) mass is 460 g/mol. The summed E-state index contributed by atoms with van der Waals surface area (Å²) in [6, 6.07) is 16.7. The summed E-state index contributed by atoms with van der Waals surface area (Å²) in [4.78, 5) is 12.0. The van der Waals surface area contributed by atoms with Gasteiger partial charge in [-0.25, -0.2) is 4.98 Å². The van der Waals surface area contributed by atoms with Crippen LogP contribution in [-0.2, 0) is 4.74 Å². The molecule has 7 nitrogen and oxygen atoms in total. The summed E-state index contributed by atoms with van der Waals surface area (Å²) < 4.78 is 7.72. The molecular formula is C25H25ClN6O. The second kappa shape index (κ2) is 8.32. The highest BCUT2D eigenvalue weighted by Crippen LogP contribution is 2.38. The van der Waals surface area contributed by atoms with Gasteiger partial charge in [-0.05, 0) is 50.1 Å². The maximum atomic E-state index is 6.06. The lowest BCUT2D eigenvalue weighted by Crippen LogP contribution is -2.37. The van der Waals surface area contributed by atoms with Crippen molar-refractivity contribution in [2.45, 2.75) is 25.8 Å². The molecule has 0 radical (unpaired) electrons. The van der Waals surface area contributed by atoms with E-state index < -0.39 is 0 Å². The highest BCUT2D eigenvalue weighted by Gasteiger charge is 2.27. The molecule has 3 heterocycles. The maximum absolute atomic E-state index is 6.06. The molecule has 1 N–H and O–H groups in total. The quantitative estimate of drug-likeness (QED) is 0.432. The molecule has 4 aromatic rings. The van der Waals surface area contributed by atoms with Crippen LogP contribution in [0.3, 0.4) is 0 Å². The fraction of sp³-hybridized carbons (Fsp3) is 0.320. The topological polar surface area (TPSA) is 68.1 Å². The third kappa shape index (κ3) is 4.14. The van der Waals surface area contributed by atoms with Crippen molar-refractivity contribution in [2.24, 2.45) is 0 Å². The molecule has 2 aromatic heterocycles. The number of benzene rings is 2. The number of rotatable bonds is 5. The number of hydrogen-bond acceptors (Lipinski definition) is 6. The summed E-state index contributed by atoms with van der Waals surface area (Å²) in [6.45, 7) is 4.99. The van der Waals surface area contributed by atoms with Gasteiger partial charge in [0.25, 0.3) is 0 Å². The molecule has 0 spiro atoms. The molecule has 0 atom stereocenters. The third-order valence-electron chi connectivity index (χ3n) is 6.21. The van der Waals surface area contributed by atoms with E-state index >= 15 is 0 Å². The normalized spacial score (nSPS) is 16.4. The summed E-state index contributed by atoms with van der Waals surface area (Å²) in [5, 5.41) is 10.1. The minimum Gasteiger partial charge on any atom is -0.378 e. The Kier molecular flexibility index (Phi) is 5.15. The van der Waals surface area contributed by atoms with Gasteiger partial charge in [0.2, 0.25) is 5.95 Å². The molecule has 0 amide bonds. The van der Waals surface area contributed by atoms with E-state index in [0.29, 0.717) is 30.2 Å². The fourth-order valence-corrected chi connectivity index (χ4v) is 4.41. The second-order valence-electron chi connectivity index (χ2n) is 8.66. The number of ether oxygens (including phenoxy) is 1. The molecule has 1 saturated carbocycles. The molecule has 2 aromatic carbocycles. The average Bonchev–Trinajstić information content (AvgIpc) is 3.64. The minimum absolute atomic E-state index is 0.521. The first-order valence-corrected chi connectivity index (χ1v) is 11.8. The standard InChI is InChI=1S/C25H25ClN6O/c1-16-21-9-2-17(14-23(21)32(30-16)20-7-8-20)22-15-24(27-19-5-3-18(26)4-6-19)29-25(28-22)31-10-12-33-13-11-31/h2-6,9,14-15,20H,7-8,10-13H2,1H3,(H,27,28,29). The zero-order chi connectivity index (χ0) is 22.4. The number of nitrogens with zero attached hydrogens (tertiary/aromatic N) is 5. The van der Waals surface area contributed by atoms with E-state index in [-0.39, 0.29) is 0 Å². The number of hydrogen-bond donors (Lipinski definition) is 1. The van der Waals surface area contributed by atoms with Crippen molar-refractivity contribution in [1.29, 1.82) is 0 Å². The van der Waals surface area contributed by atoms with E-state index in [2.05, 4.69) is 40.0 Å². The number of fused-ring (bicyclic) bond motifs is 1. The first-order valence-electron chi connectivity index (χ1n) is 11.4. The lowest BCUT2D eigenvalue weighted by atomic mass is 10.1. The van der Waals surface area contributed by atoms with E-state index in [9.17, 15) is 0 Å². The average molecular weight is 461 g/mol. The molecule has 2 fully saturated rings. The predicted octanol–water partition coefficient (Wildman–Crippen LogP) is 5.37. The van der Waals surface area contributed by atoms with Gasteiger partial charge in [0.15, 0.2) is 0 Å². The highest BCUT2D eigenvalue weighted by atomic mass is 35.5. The maximum Gasteiger partial charge on any atom is 0.228 e. The second-order valence-corrected chi connectivity index (χ2v) is 9.10. The molecular weight excluding hydrogens is 436 g/mol. The van der Waals surface area contributed by atoms with Crippen LogP contribution in [0.15, 0.2) is 48.5 Å². The van der Waals surface area contributed by atoms with Crippen LogP contribution in [0.5, 0.6) is 0 Å². The van der Waals surface area contributed by atoms with Crippen molar-refractivity contribution in [2.75, 3.05) is 36.5 Å². The van der Waals surface area contributed by atoms with Crippen molar-refractivity contribution in [1.82, 2.24) is 19.7 Å². The molecule has 1 aliphatic carbocycles. The molecule has 0 bridgehead atoms. The van der Waals surface area contributed by atoms with Crippen molar-refractivity contribution < 1.29 is 4.74 Å². The van der Waals surface area contributed by atoms with Gasteiger partial charge in [0.05, 0.1) is 36.2 Å². The molecule has 1 aliphatic heterocycles. The summed E-state index contributed by atoms with van der Waals surface area (Å²) in [5.41, 5.74) is 5.11. The number of morpholine rings is 1. The zero-order valence-electron chi connectivity index (χ0n) is 18.5. The van der Waals surface area contributed by atoms with Crippen LogP contribution in [0.2, 0.25) is 5.02 Å². The van der Waals surface area contributed by atoms with Crippen molar-refractivity contribution in [3.63, 3.8) is 0 Å². The molecule has 1 saturated heterocycles. The van der Waals surface area contributed by atoms with Crippen LogP contribution in [0.25, 0.3) is 22.2 Å². The van der Waals surface area contributed by atoms with E-state index in [1.54, 1.807) is 0 Å². The summed E-state index contributed by atoms with van der Waals surface area (Å²) in [7, 11) is 0. The Morgan fingerprint density at radius 3 is 2.55 bits per heavy atom. The first kappa shape index (κ1) is 20.4. The Labute approximate surface area is 197 Å². The molecule has 2 aliphatic rings. The van der Waals surface area contributed by atoms with Gasteiger partial charge in [-0.15, -0.1) is 0 Å². The van der Waals surface area contributed by atoms with Gasteiger partial charge < -0.3 is 15.0 Å². The number of anilines is 3. The Balaban J connectivity index is 1.43. The Morgan fingerprint density at radius 2 is 1.79 bits per heavy atom. The number of aromatic nitrogens is 4. The molecule has 8 heteroatoms. The van der Waals surface area contributed by atoms with Gasteiger partial charge in [-0.3, -0.25) is 4.68 Å². The van der Waals surface area contributed by atoms with Gasteiger partial charge in [0, 0.05) is 40.8 Å². The Bertz CT molecular complexity index is 1310. The molecule has 168 valence electrons. The SMILES string of the molecule is Cc1nn(C2CC2)c2cc(-c3cc(Nc4ccc(Cl)cc4)nc(N4CCOCC4)n3)ccc12. The van der Waals surface area contributed by atoms with Gasteiger partial charge in [-0.2, -0.15) is 10.1 Å². The van der Waals surface area contributed by atoms with Crippen molar-refractivity contribution >= 4 is 40.0 Å². The Morgan fingerprint density at radius 1 is 1.00 bits per heavy atom. The van der Waals surface area contributed by atoms with Crippen LogP contribution < -0.4 is 10.2 Å². The molecule has 0 unspecified atom stereocenters. The van der Waals surface area contributed by atoms with Gasteiger partial charge in [-0.1, -0.05) is 23.7 Å². The van der Waals surface area contributed by atoms with Crippen LogP contribution in [0.4, 0.5) is 17.5 Å². The van der Waals surface area contributed by atoms with E-state index in [4.69, 9.17) is 31.4 Å². The summed E-state index contributed by atoms with van der Waals surface area (Å²) >= 11 is 6.06. The zero-order valence-corrected chi connectivity index (χ0v) is 19.2. The lowest BCUT2D eigenvalue weighted by Gasteiger charge is -2.27. The van der Waals surface area contributed by atoms with Crippen LogP contribution in [0, 0.1) is 6.92 Å².